The van der Waals surface area contributed by atoms with E-state index in [1.807, 2.05) is 30.3 Å². The third-order valence-corrected chi connectivity index (χ3v) is 3.68. The molecule has 0 saturated carbocycles. The van der Waals surface area contributed by atoms with Crippen molar-refractivity contribution in [1.29, 1.82) is 0 Å². The Kier molecular flexibility index (Phi) is 5.03. The summed E-state index contributed by atoms with van der Waals surface area (Å²) in [5, 5.41) is 7.11. The van der Waals surface area contributed by atoms with E-state index in [2.05, 4.69) is 15.5 Å². The van der Waals surface area contributed by atoms with Crippen LogP contribution in [0.2, 0.25) is 0 Å². The molecule has 1 N–H and O–H groups in total. The smallest absolute Gasteiger partial charge is 0.322 e. The summed E-state index contributed by atoms with van der Waals surface area (Å²) in [7, 11) is 4.83. The van der Waals surface area contributed by atoms with E-state index in [0.29, 0.717) is 35.4 Å². The van der Waals surface area contributed by atoms with Gasteiger partial charge in [-0.2, -0.15) is 4.98 Å². The van der Waals surface area contributed by atoms with E-state index in [1.54, 1.807) is 33.5 Å². The molecule has 0 bridgehead atoms. The molecule has 0 radical (unpaired) electrons. The molecule has 1 aromatic heterocycles. The van der Waals surface area contributed by atoms with E-state index in [1.165, 1.54) is 0 Å². The Hall–Kier alpha value is -3.22. The minimum absolute atomic E-state index is 0.329. The molecular formula is C18H19N3O4. The second-order valence-electron chi connectivity index (χ2n) is 5.19. The average Bonchev–Trinajstić information content (AvgIpc) is 3.15. The van der Waals surface area contributed by atoms with Gasteiger partial charge < -0.3 is 24.1 Å². The lowest BCUT2D eigenvalue weighted by atomic mass is 10.2. The SMILES string of the molecule is COc1ccc(CNc2nc(-c3cc(OC)ccc3OC)no2)cc1. The van der Waals surface area contributed by atoms with Crippen LogP contribution < -0.4 is 19.5 Å². The molecule has 3 rings (SSSR count). The lowest BCUT2D eigenvalue weighted by Gasteiger charge is -2.07. The van der Waals surface area contributed by atoms with Gasteiger partial charge in [-0.3, -0.25) is 0 Å². The van der Waals surface area contributed by atoms with Crippen LogP contribution in [0.4, 0.5) is 6.01 Å². The molecule has 0 amide bonds. The van der Waals surface area contributed by atoms with E-state index in [4.69, 9.17) is 18.7 Å². The van der Waals surface area contributed by atoms with Crippen molar-refractivity contribution >= 4 is 6.01 Å². The number of methoxy groups -OCH3 is 3. The van der Waals surface area contributed by atoms with Crippen LogP contribution in [0.15, 0.2) is 47.0 Å². The van der Waals surface area contributed by atoms with E-state index >= 15 is 0 Å². The molecule has 1 heterocycles. The maximum Gasteiger partial charge on any atom is 0.322 e. The molecule has 0 fully saturated rings. The predicted octanol–water partition coefficient (Wildman–Crippen LogP) is 3.37. The molecule has 0 aliphatic carbocycles. The predicted molar refractivity (Wildman–Crippen MR) is 93.2 cm³/mol. The maximum absolute atomic E-state index is 5.35. The summed E-state index contributed by atoms with van der Waals surface area (Å²) in [5.74, 6) is 2.57. The first-order valence-corrected chi connectivity index (χ1v) is 7.66. The Labute approximate surface area is 145 Å². The summed E-state index contributed by atoms with van der Waals surface area (Å²) in [4.78, 5) is 4.36. The Morgan fingerprint density at radius 1 is 0.920 bits per heavy atom. The number of nitrogens with zero attached hydrogens (tertiary/aromatic N) is 2. The van der Waals surface area contributed by atoms with E-state index < -0.39 is 0 Å². The summed E-state index contributed by atoms with van der Waals surface area (Å²) >= 11 is 0. The van der Waals surface area contributed by atoms with Gasteiger partial charge in [0.15, 0.2) is 0 Å². The zero-order chi connectivity index (χ0) is 17.6. The summed E-state index contributed by atoms with van der Waals surface area (Å²) in [6.07, 6.45) is 0. The number of anilines is 1. The van der Waals surface area contributed by atoms with Crippen LogP contribution in [0.3, 0.4) is 0 Å². The fourth-order valence-corrected chi connectivity index (χ4v) is 2.31. The molecule has 2 aromatic carbocycles. The van der Waals surface area contributed by atoms with Crippen molar-refractivity contribution in [1.82, 2.24) is 10.1 Å². The number of aromatic nitrogens is 2. The molecule has 130 valence electrons. The van der Waals surface area contributed by atoms with Crippen LogP contribution in [0.1, 0.15) is 5.56 Å². The van der Waals surface area contributed by atoms with Gasteiger partial charge in [0, 0.05) is 6.54 Å². The van der Waals surface area contributed by atoms with Crippen molar-refractivity contribution in [2.45, 2.75) is 6.54 Å². The number of rotatable bonds is 7. The maximum atomic E-state index is 5.35. The van der Waals surface area contributed by atoms with E-state index in [9.17, 15) is 0 Å². The topological polar surface area (TPSA) is 78.6 Å². The molecule has 0 aliphatic heterocycles. The van der Waals surface area contributed by atoms with Gasteiger partial charge in [-0.05, 0) is 35.9 Å². The third kappa shape index (κ3) is 3.82. The summed E-state index contributed by atoms with van der Waals surface area (Å²) in [5.41, 5.74) is 1.77. The zero-order valence-corrected chi connectivity index (χ0v) is 14.3. The highest BCUT2D eigenvalue weighted by Gasteiger charge is 2.14. The molecular weight excluding hydrogens is 322 g/mol. The number of hydrogen-bond acceptors (Lipinski definition) is 7. The quantitative estimate of drug-likeness (QED) is 0.706. The normalized spacial score (nSPS) is 10.4. The minimum atomic E-state index is 0.329. The summed E-state index contributed by atoms with van der Waals surface area (Å²) in [6.45, 7) is 0.556. The van der Waals surface area contributed by atoms with Crippen molar-refractivity contribution in [2.75, 3.05) is 26.6 Å². The van der Waals surface area contributed by atoms with Crippen molar-refractivity contribution in [3.8, 4) is 28.6 Å². The summed E-state index contributed by atoms with van der Waals surface area (Å²) in [6, 6.07) is 13.5. The number of benzene rings is 2. The van der Waals surface area contributed by atoms with Crippen LogP contribution in [-0.2, 0) is 6.54 Å². The molecule has 7 heteroatoms. The molecule has 25 heavy (non-hydrogen) atoms. The van der Waals surface area contributed by atoms with Crippen LogP contribution in [0, 0.1) is 0 Å². The van der Waals surface area contributed by atoms with Gasteiger partial charge in [0.05, 0.1) is 26.9 Å². The monoisotopic (exact) mass is 341 g/mol. The average molecular weight is 341 g/mol. The first-order chi connectivity index (χ1) is 12.2. The van der Waals surface area contributed by atoms with Gasteiger partial charge in [0.1, 0.15) is 17.2 Å². The van der Waals surface area contributed by atoms with Crippen molar-refractivity contribution in [2.24, 2.45) is 0 Å². The molecule has 0 unspecified atom stereocenters. The standard InChI is InChI=1S/C18H19N3O4/c1-22-13-6-4-12(5-7-13)11-19-18-20-17(21-25-18)15-10-14(23-2)8-9-16(15)24-3/h4-10H,11H2,1-3H3,(H,19,20,21). The molecule has 0 atom stereocenters. The van der Waals surface area contributed by atoms with Gasteiger partial charge in [0.2, 0.25) is 5.82 Å². The highest BCUT2D eigenvalue weighted by Crippen LogP contribution is 2.32. The minimum Gasteiger partial charge on any atom is -0.497 e. The fraction of sp³-hybridized carbons (Fsp3) is 0.222. The third-order valence-electron chi connectivity index (χ3n) is 3.68. The Balaban J connectivity index is 1.73. The zero-order valence-electron chi connectivity index (χ0n) is 14.3. The van der Waals surface area contributed by atoms with Gasteiger partial charge in [-0.15, -0.1) is 0 Å². The van der Waals surface area contributed by atoms with Crippen molar-refractivity contribution in [3.05, 3.63) is 48.0 Å². The fourth-order valence-electron chi connectivity index (χ4n) is 2.31. The molecule has 0 spiro atoms. The van der Waals surface area contributed by atoms with Crippen molar-refractivity contribution < 1.29 is 18.7 Å². The number of hydrogen-bond donors (Lipinski definition) is 1. The van der Waals surface area contributed by atoms with Gasteiger partial charge in [-0.1, -0.05) is 17.3 Å². The Morgan fingerprint density at radius 2 is 1.64 bits per heavy atom. The molecule has 7 nitrogen and oxygen atoms in total. The van der Waals surface area contributed by atoms with Gasteiger partial charge in [-0.25, -0.2) is 0 Å². The largest absolute Gasteiger partial charge is 0.497 e. The second kappa shape index (κ2) is 7.57. The first kappa shape index (κ1) is 16.6. The lowest BCUT2D eigenvalue weighted by Crippen LogP contribution is -1.99. The van der Waals surface area contributed by atoms with Crippen LogP contribution >= 0.6 is 0 Å². The Bertz CT molecular complexity index is 831. The lowest BCUT2D eigenvalue weighted by molar-refractivity contribution is 0.403. The van der Waals surface area contributed by atoms with Gasteiger partial charge in [0.25, 0.3) is 0 Å². The summed E-state index contributed by atoms with van der Waals surface area (Å²) < 4.78 is 21.0. The van der Waals surface area contributed by atoms with Crippen LogP contribution in [0.5, 0.6) is 17.2 Å². The number of ether oxygens (including phenoxy) is 3. The number of nitrogens with one attached hydrogen (secondary N) is 1. The Morgan fingerprint density at radius 3 is 2.32 bits per heavy atom. The van der Waals surface area contributed by atoms with Gasteiger partial charge >= 0.3 is 6.01 Å². The van der Waals surface area contributed by atoms with E-state index in [-0.39, 0.29) is 0 Å². The highest BCUT2D eigenvalue weighted by atomic mass is 16.5. The van der Waals surface area contributed by atoms with E-state index in [0.717, 1.165) is 11.3 Å². The van der Waals surface area contributed by atoms with Crippen molar-refractivity contribution in [3.63, 3.8) is 0 Å². The second-order valence-corrected chi connectivity index (χ2v) is 5.19. The molecule has 0 aliphatic rings. The molecule has 3 aromatic rings. The molecule has 0 saturated heterocycles. The highest BCUT2D eigenvalue weighted by molar-refractivity contribution is 5.66. The van der Waals surface area contributed by atoms with Crippen LogP contribution in [0.25, 0.3) is 11.4 Å². The van der Waals surface area contributed by atoms with Crippen LogP contribution in [-0.4, -0.2) is 31.5 Å². The first-order valence-electron chi connectivity index (χ1n) is 7.66.